The van der Waals surface area contributed by atoms with E-state index < -0.39 is 0 Å². The van der Waals surface area contributed by atoms with Crippen LogP contribution in [0.25, 0.3) is 0 Å². The van der Waals surface area contributed by atoms with Crippen LogP contribution in [0.2, 0.25) is 10.0 Å². The predicted octanol–water partition coefficient (Wildman–Crippen LogP) is 4.48. The third-order valence-corrected chi connectivity index (χ3v) is 3.43. The van der Waals surface area contributed by atoms with Crippen LogP contribution < -0.4 is 5.32 Å². The summed E-state index contributed by atoms with van der Waals surface area (Å²) < 4.78 is 0. The molecule has 0 bridgehead atoms. The number of pyridine rings is 1. The molecule has 1 N–H and O–H groups in total. The molecule has 0 spiro atoms. The zero-order valence-electron chi connectivity index (χ0n) is 10.7. The summed E-state index contributed by atoms with van der Waals surface area (Å²) in [5.41, 5.74) is 1.90. The fourth-order valence-electron chi connectivity index (χ4n) is 1.95. The molecule has 2 aromatic rings. The number of benzene rings is 1. The molecule has 1 aromatic carbocycles. The molecule has 0 radical (unpaired) electrons. The highest BCUT2D eigenvalue weighted by Crippen LogP contribution is 2.29. The Kier molecular flexibility index (Phi) is 5.20. The van der Waals surface area contributed by atoms with Gasteiger partial charge >= 0.3 is 0 Å². The Hall–Kier alpha value is -1.09. The molecule has 1 heterocycles. The summed E-state index contributed by atoms with van der Waals surface area (Å²) in [7, 11) is 0. The van der Waals surface area contributed by atoms with Crippen molar-refractivity contribution in [1.29, 1.82) is 0 Å². The third kappa shape index (κ3) is 3.69. The first-order valence-corrected chi connectivity index (χ1v) is 7.07. The summed E-state index contributed by atoms with van der Waals surface area (Å²) in [4.78, 5) is 4.41. The van der Waals surface area contributed by atoms with Gasteiger partial charge in [0.25, 0.3) is 0 Å². The monoisotopic (exact) mass is 294 g/mol. The zero-order valence-corrected chi connectivity index (χ0v) is 12.2. The summed E-state index contributed by atoms with van der Waals surface area (Å²) >= 11 is 12.4. The Bertz CT molecular complexity index is 529. The van der Waals surface area contributed by atoms with Gasteiger partial charge in [0.15, 0.2) is 0 Å². The fraction of sp³-hybridized carbons (Fsp3) is 0.267. The number of hydrogen-bond donors (Lipinski definition) is 1. The van der Waals surface area contributed by atoms with Crippen molar-refractivity contribution in [2.45, 2.75) is 19.4 Å². The lowest BCUT2D eigenvalue weighted by Gasteiger charge is -2.20. The van der Waals surface area contributed by atoms with Crippen molar-refractivity contribution in [3.63, 3.8) is 0 Å². The predicted molar refractivity (Wildman–Crippen MR) is 80.8 cm³/mol. The van der Waals surface area contributed by atoms with Crippen LogP contribution in [0, 0.1) is 0 Å². The molecule has 100 valence electrons. The van der Waals surface area contributed by atoms with Crippen molar-refractivity contribution in [2.75, 3.05) is 6.54 Å². The van der Waals surface area contributed by atoms with Gasteiger partial charge in [-0.3, -0.25) is 4.98 Å². The van der Waals surface area contributed by atoms with Crippen LogP contribution in [0.15, 0.2) is 42.6 Å². The zero-order chi connectivity index (χ0) is 13.7. The molecule has 4 heteroatoms. The first-order valence-electron chi connectivity index (χ1n) is 6.31. The quantitative estimate of drug-likeness (QED) is 0.880. The lowest BCUT2D eigenvalue weighted by molar-refractivity contribution is 0.587. The Balaban J connectivity index is 2.40. The van der Waals surface area contributed by atoms with E-state index >= 15 is 0 Å². The minimum atomic E-state index is -0.0349. The average Bonchev–Trinajstić information content (AvgIpc) is 2.44. The van der Waals surface area contributed by atoms with E-state index in [1.165, 1.54) is 0 Å². The van der Waals surface area contributed by atoms with E-state index in [4.69, 9.17) is 23.2 Å². The van der Waals surface area contributed by atoms with Gasteiger partial charge in [-0.1, -0.05) is 36.2 Å². The molecule has 19 heavy (non-hydrogen) atoms. The molecule has 0 aliphatic rings. The lowest BCUT2D eigenvalue weighted by atomic mass is 10.0. The van der Waals surface area contributed by atoms with E-state index in [-0.39, 0.29) is 6.04 Å². The Labute approximate surface area is 123 Å². The number of nitrogens with one attached hydrogen (secondary N) is 1. The largest absolute Gasteiger partial charge is 0.305 e. The number of rotatable bonds is 5. The van der Waals surface area contributed by atoms with Crippen LogP contribution >= 0.6 is 23.2 Å². The third-order valence-electron chi connectivity index (χ3n) is 2.85. The molecule has 2 rings (SSSR count). The second-order valence-corrected chi connectivity index (χ2v) is 5.15. The van der Waals surface area contributed by atoms with Gasteiger partial charge in [0.05, 0.1) is 11.7 Å². The van der Waals surface area contributed by atoms with E-state index in [9.17, 15) is 0 Å². The van der Waals surface area contributed by atoms with Crippen LogP contribution in [0.5, 0.6) is 0 Å². The molecule has 0 aliphatic carbocycles. The molecule has 0 aliphatic heterocycles. The maximum Gasteiger partial charge on any atom is 0.0766 e. The normalized spacial score (nSPS) is 12.4. The molecule has 0 saturated heterocycles. The topological polar surface area (TPSA) is 24.9 Å². The number of nitrogens with zero attached hydrogens (tertiary/aromatic N) is 1. The van der Waals surface area contributed by atoms with Crippen LogP contribution in [-0.2, 0) is 0 Å². The summed E-state index contributed by atoms with van der Waals surface area (Å²) in [6.07, 6.45) is 2.83. The highest BCUT2D eigenvalue weighted by atomic mass is 35.5. The Morgan fingerprint density at radius 2 is 2.05 bits per heavy atom. The van der Waals surface area contributed by atoms with Crippen LogP contribution in [0.1, 0.15) is 30.6 Å². The van der Waals surface area contributed by atoms with Crippen LogP contribution in [0.4, 0.5) is 0 Å². The van der Waals surface area contributed by atoms with Gasteiger partial charge < -0.3 is 5.32 Å². The smallest absolute Gasteiger partial charge is 0.0766 e. The van der Waals surface area contributed by atoms with Crippen molar-refractivity contribution in [1.82, 2.24) is 10.3 Å². The summed E-state index contributed by atoms with van der Waals surface area (Å²) in [5.74, 6) is 0. The summed E-state index contributed by atoms with van der Waals surface area (Å²) in [5, 5.41) is 4.84. The van der Waals surface area contributed by atoms with Gasteiger partial charge in [-0.2, -0.15) is 0 Å². The van der Waals surface area contributed by atoms with Gasteiger partial charge in [-0.25, -0.2) is 0 Å². The molecular weight excluding hydrogens is 279 g/mol. The van der Waals surface area contributed by atoms with Crippen molar-refractivity contribution in [3.05, 3.63) is 63.9 Å². The van der Waals surface area contributed by atoms with E-state index in [2.05, 4.69) is 17.2 Å². The molecule has 0 amide bonds. The van der Waals surface area contributed by atoms with Gasteiger partial charge in [0.1, 0.15) is 0 Å². The van der Waals surface area contributed by atoms with Gasteiger partial charge in [-0.05, 0) is 48.9 Å². The summed E-state index contributed by atoms with van der Waals surface area (Å²) in [6, 6.07) is 11.3. The van der Waals surface area contributed by atoms with Crippen molar-refractivity contribution in [3.8, 4) is 0 Å². The molecular formula is C15H16Cl2N2. The minimum absolute atomic E-state index is 0.0349. The highest BCUT2D eigenvalue weighted by Gasteiger charge is 2.17. The van der Waals surface area contributed by atoms with Gasteiger partial charge in [0, 0.05) is 16.2 Å². The molecule has 1 aromatic heterocycles. The number of hydrogen-bond acceptors (Lipinski definition) is 2. The van der Waals surface area contributed by atoms with E-state index in [0.717, 1.165) is 24.2 Å². The highest BCUT2D eigenvalue weighted by molar-refractivity contribution is 6.33. The van der Waals surface area contributed by atoms with E-state index in [1.807, 2.05) is 30.3 Å². The van der Waals surface area contributed by atoms with Crippen LogP contribution in [0.3, 0.4) is 0 Å². The molecule has 1 atom stereocenters. The SMILES string of the molecule is CCCNC(c1ccccn1)c1cc(Cl)ccc1Cl. The van der Waals surface area contributed by atoms with Crippen LogP contribution in [-0.4, -0.2) is 11.5 Å². The first-order chi connectivity index (χ1) is 9.22. The lowest BCUT2D eigenvalue weighted by Crippen LogP contribution is -2.24. The van der Waals surface area contributed by atoms with Crippen molar-refractivity contribution >= 4 is 23.2 Å². The molecule has 1 unspecified atom stereocenters. The van der Waals surface area contributed by atoms with Gasteiger partial charge in [-0.15, -0.1) is 0 Å². The maximum absolute atomic E-state index is 6.29. The van der Waals surface area contributed by atoms with Crippen molar-refractivity contribution in [2.24, 2.45) is 0 Å². The molecule has 0 fully saturated rings. The molecule has 2 nitrogen and oxygen atoms in total. The number of halogens is 2. The second-order valence-electron chi connectivity index (χ2n) is 4.31. The van der Waals surface area contributed by atoms with E-state index in [0.29, 0.717) is 10.0 Å². The second kappa shape index (κ2) is 6.90. The Morgan fingerprint density at radius 1 is 1.21 bits per heavy atom. The average molecular weight is 295 g/mol. The number of aromatic nitrogens is 1. The standard InChI is InChI=1S/C15H16Cl2N2/c1-2-8-19-15(14-5-3-4-9-18-14)12-10-11(16)6-7-13(12)17/h3-7,9-10,15,19H,2,8H2,1H3. The first kappa shape index (κ1) is 14.3. The molecule has 0 saturated carbocycles. The summed E-state index contributed by atoms with van der Waals surface area (Å²) in [6.45, 7) is 3.02. The van der Waals surface area contributed by atoms with Crippen molar-refractivity contribution < 1.29 is 0 Å². The maximum atomic E-state index is 6.29. The minimum Gasteiger partial charge on any atom is -0.305 e. The van der Waals surface area contributed by atoms with E-state index in [1.54, 1.807) is 12.3 Å². The van der Waals surface area contributed by atoms with Gasteiger partial charge in [0.2, 0.25) is 0 Å². The fourth-order valence-corrected chi connectivity index (χ4v) is 2.35. The Morgan fingerprint density at radius 3 is 2.74 bits per heavy atom.